The number of benzene rings is 2. The largest absolute Gasteiger partial charge is 0.316 e. The Morgan fingerprint density at radius 3 is 2.48 bits per heavy atom. The molecule has 0 spiro atoms. The number of carbonyl (C=O) groups is 1. The highest BCUT2D eigenvalue weighted by molar-refractivity contribution is 9.10. The van der Waals surface area contributed by atoms with Gasteiger partial charge >= 0.3 is 0 Å². The van der Waals surface area contributed by atoms with E-state index in [4.69, 9.17) is 0 Å². The molecular formula is C18H14BrN3O. The van der Waals surface area contributed by atoms with E-state index in [1.165, 1.54) is 0 Å². The summed E-state index contributed by atoms with van der Waals surface area (Å²) in [5.74, 6) is -0.233. The molecule has 0 unspecified atom stereocenters. The van der Waals surface area contributed by atoms with E-state index in [2.05, 4.69) is 26.5 Å². The average molecular weight is 368 g/mol. The van der Waals surface area contributed by atoms with Crippen LogP contribution in [-0.2, 0) is 0 Å². The summed E-state index contributed by atoms with van der Waals surface area (Å²) in [6.07, 6.45) is 3.58. The molecule has 0 saturated heterocycles. The second-order valence-electron chi connectivity index (χ2n) is 4.84. The molecule has 3 aromatic rings. The first-order valence-electron chi connectivity index (χ1n) is 7.06. The SMILES string of the molecule is O=C(N/N=C\c1cccn1-c1ccc(Br)cc1)c1ccccc1. The van der Waals surface area contributed by atoms with Gasteiger partial charge in [0.05, 0.1) is 11.9 Å². The second kappa shape index (κ2) is 7.07. The van der Waals surface area contributed by atoms with Crippen molar-refractivity contribution in [3.63, 3.8) is 0 Å². The summed E-state index contributed by atoms with van der Waals surface area (Å²) in [4.78, 5) is 11.9. The van der Waals surface area contributed by atoms with Gasteiger partial charge in [-0.25, -0.2) is 5.43 Å². The number of amides is 1. The number of hydrogen-bond donors (Lipinski definition) is 1. The van der Waals surface area contributed by atoms with E-state index in [1.807, 2.05) is 65.4 Å². The molecule has 4 nitrogen and oxygen atoms in total. The molecule has 0 bridgehead atoms. The lowest BCUT2D eigenvalue weighted by Gasteiger charge is -2.06. The highest BCUT2D eigenvalue weighted by Gasteiger charge is 2.03. The molecule has 0 radical (unpaired) electrons. The second-order valence-corrected chi connectivity index (χ2v) is 5.76. The fraction of sp³-hybridized carbons (Fsp3) is 0. The lowest BCUT2D eigenvalue weighted by atomic mass is 10.2. The van der Waals surface area contributed by atoms with Crippen LogP contribution in [0, 0.1) is 0 Å². The zero-order valence-electron chi connectivity index (χ0n) is 12.2. The molecule has 3 rings (SSSR count). The topological polar surface area (TPSA) is 46.4 Å². The lowest BCUT2D eigenvalue weighted by Crippen LogP contribution is -2.17. The molecule has 0 atom stereocenters. The third-order valence-corrected chi connectivity index (χ3v) is 3.81. The van der Waals surface area contributed by atoms with Crippen molar-refractivity contribution in [3.05, 3.63) is 88.7 Å². The van der Waals surface area contributed by atoms with Gasteiger partial charge in [0.2, 0.25) is 0 Å². The maximum Gasteiger partial charge on any atom is 0.271 e. The molecule has 0 aliphatic rings. The number of aromatic nitrogens is 1. The van der Waals surface area contributed by atoms with Crippen LogP contribution in [0.25, 0.3) is 5.69 Å². The number of hydrogen-bond acceptors (Lipinski definition) is 2. The maximum atomic E-state index is 11.9. The zero-order chi connectivity index (χ0) is 16.1. The van der Waals surface area contributed by atoms with E-state index >= 15 is 0 Å². The summed E-state index contributed by atoms with van der Waals surface area (Å²) in [6.45, 7) is 0. The minimum Gasteiger partial charge on any atom is -0.316 e. The molecule has 0 saturated carbocycles. The van der Waals surface area contributed by atoms with E-state index in [0.717, 1.165) is 15.9 Å². The Kier molecular flexibility index (Phi) is 4.68. The van der Waals surface area contributed by atoms with Crippen molar-refractivity contribution in [2.75, 3.05) is 0 Å². The van der Waals surface area contributed by atoms with E-state index in [9.17, 15) is 4.79 Å². The first-order valence-corrected chi connectivity index (χ1v) is 7.85. The van der Waals surface area contributed by atoms with Crippen molar-refractivity contribution in [2.24, 2.45) is 5.10 Å². The molecule has 114 valence electrons. The number of halogens is 1. The number of rotatable bonds is 4. The molecule has 1 N–H and O–H groups in total. The molecule has 1 heterocycles. The predicted molar refractivity (Wildman–Crippen MR) is 95.0 cm³/mol. The van der Waals surface area contributed by atoms with E-state index in [0.29, 0.717) is 5.56 Å². The Morgan fingerprint density at radius 2 is 1.74 bits per heavy atom. The van der Waals surface area contributed by atoms with Crippen LogP contribution < -0.4 is 5.43 Å². The normalized spacial score (nSPS) is 10.8. The van der Waals surface area contributed by atoms with Crippen LogP contribution in [0.4, 0.5) is 0 Å². The Bertz CT molecular complexity index is 823. The monoisotopic (exact) mass is 367 g/mol. The molecular weight excluding hydrogens is 354 g/mol. The minimum atomic E-state index is -0.233. The highest BCUT2D eigenvalue weighted by Crippen LogP contribution is 2.15. The third kappa shape index (κ3) is 3.76. The quantitative estimate of drug-likeness (QED) is 0.549. The van der Waals surface area contributed by atoms with Gasteiger partial charge in [-0.2, -0.15) is 5.10 Å². The van der Waals surface area contributed by atoms with Gasteiger partial charge < -0.3 is 4.57 Å². The van der Waals surface area contributed by atoms with Crippen molar-refractivity contribution >= 4 is 28.1 Å². The van der Waals surface area contributed by atoms with Gasteiger partial charge in [0.15, 0.2) is 0 Å². The van der Waals surface area contributed by atoms with Crippen molar-refractivity contribution in [2.45, 2.75) is 0 Å². The third-order valence-electron chi connectivity index (χ3n) is 3.28. The van der Waals surface area contributed by atoms with Gasteiger partial charge in [0.1, 0.15) is 0 Å². The van der Waals surface area contributed by atoms with Gasteiger partial charge in [-0.1, -0.05) is 34.1 Å². The van der Waals surface area contributed by atoms with E-state index in [1.54, 1.807) is 18.3 Å². The highest BCUT2D eigenvalue weighted by atomic mass is 79.9. The van der Waals surface area contributed by atoms with Gasteiger partial charge in [-0.05, 0) is 48.5 Å². The fourth-order valence-corrected chi connectivity index (χ4v) is 2.41. The zero-order valence-corrected chi connectivity index (χ0v) is 13.8. The maximum absolute atomic E-state index is 11.9. The first kappa shape index (κ1) is 15.2. The van der Waals surface area contributed by atoms with Gasteiger partial charge in [-0.15, -0.1) is 0 Å². The van der Waals surface area contributed by atoms with E-state index < -0.39 is 0 Å². The molecule has 0 aliphatic heterocycles. The predicted octanol–water partition coefficient (Wildman–Crippen LogP) is 4.00. The molecule has 5 heteroatoms. The molecule has 0 aliphatic carbocycles. The van der Waals surface area contributed by atoms with Crippen LogP contribution >= 0.6 is 15.9 Å². The number of nitrogens with zero attached hydrogens (tertiary/aromatic N) is 2. The molecule has 23 heavy (non-hydrogen) atoms. The summed E-state index contributed by atoms with van der Waals surface area (Å²) in [7, 11) is 0. The van der Waals surface area contributed by atoms with Crippen LogP contribution in [0.2, 0.25) is 0 Å². The molecule has 0 fully saturated rings. The van der Waals surface area contributed by atoms with Gasteiger partial charge in [0, 0.05) is 21.9 Å². The number of nitrogens with one attached hydrogen (secondary N) is 1. The van der Waals surface area contributed by atoms with Crippen molar-refractivity contribution in [1.29, 1.82) is 0 Å². The summed E-state index contributed by atoms with van der Waals surface area (Å²) >= 11 is 3.42. The average Bonchev–Trinajstić information content (AvgIpc) is 3.05. The smallest absolute Gasteiger partial charge is 0.271 e. The van der Waals surface area contributed by atoms with Crippen molar-refractivity contribution < 1.29 is 4.79 Å². The van der Waals surface area contributed by atoms with Gasteiger partial charge in [-0.3, -0.25) is 4.79 Å². The summed E-state index contributed by atoms with van der Waals surface area (Å²) in [5, 5.41) is 4.04. The Labute approximate surface area is 142 Å². The first-order chi connectivity index (χ1) is 11.2. The van der Waals surface area contributed by atoms with Crippen LogP contribution in [0.5, 0.6) is 0 Å². The molecule has 1 aromatic heterocycles. The summed E-state index contributed by atoms with van der Waals surface area (Å²) < 4.78 is 3.02. The summed E-state index contributed by atoms with van der Waals surface area (Å²) in [5.41, 5.74) is 5.01. The Hall–Kier alpha value is -2.66. The van der Waals surface area contributed by atoms with Crippen molar-refractivity contribution in [1.82, 2.24) is 9.99 Å². The lowest BCUT2D eigenvalue weighted by molar-refractivity contribution is 0.0955. The Balaban J connectivity index is 1.73. The van der Waals surface area contributed by atoms with E-state index in [-0.39, 0.29) is 5.91 Å². The van der Waals surface area contributed by atoms with Gasteiger partial charge in [0.25, 0.3) is 5.91 Å². The molecule has 2 aromatic carbocycles. The van der Waals surface area contributed by atoms with Crippen molar-refractivity contribution in [3.8, 4) is 5.69 Å². The fourth-order valence-electron chi connectivity index (χ4n) is 2.15. The van der Waals surface area contributed by atoms with Crippen LogP contribution in [0.1, 0.15) is 16.1 Å². The Morgan fingerprint density at radius 1 is 1.00 bits per heavy atom. The number of carbonyl (C=O) groups excluding carboxylic acids is 1. The minimum absolute atomic E-state index is 0.233. The summed E-state index contributed by atoms with van der Waals surface area (Å²) in [6, 6.07) is 20.8. The van der Waals surface area contributed by atoms with Crippen LogP contribution in [0.3, 0.4) is 0 Å². The van der Waals surface area contributed by atoms with Crippen LogP contribution in [0.15, 0.2) is 82.5 Å². The van der Waals surface area contributed by atoms with Crippen LogP contribution in [-0.4, -0.2) is 16.7 Å². The molecule has 1 amide bonds. The number of hydrazone groups is 1. The standard InChI is InChI=1S/C18H14BrN3O/c19-15-8-10-16(11-9-15)22-12-4-7-17(22)13-20-21-18(23)14-5-2-1-3-6-14/h1-13H,(H,21,23)/b20-13-.